The molecule has 8 heteroatoms. The molecule has 2 unspecified atom stereocenters. The number of amides is 2. The van der Waals surface area contributed by atoms with Crippen molar-refractivity contribution in [2.45, 2.75) is 122 Å². The maximum absolute atomic E-state index is 12.6. The van der Waals surface area contributed by atoms with E-state index in [4.69, 9.17) is 9.31 Å². The molecule has 2 fully saturated rings. The average Bonchev–Trinajstić information content (AvgIpc) is 3.27. The zero-order valence-electron chi connectivity index (χ0n) is 26.7. The van der Waals surface area contributed by atoms with E-state index < -0.39 is 6.10 Å². The first-order chi connectivity index (χ1) is 20.9. The first-order valence-corrected chi connectivity index (χ1v) is 17.8. The summed E-state index contributed by atoms with van der Waals surface area (Å²) in [5, 5.41) is 11.0. The molecule has 1 saturated carbocycles. The molecule has 2 amide bonds. The number of benzene rings is 1. The molecular weight excluding hydrogens is 605 g/mol. The van der Waals surface area contributed by atoms with Gasteiger partial charge in [0.25, 0.3) is 0 Å². The molecule has 2 aliphatic rings. The van der Waals surface area contributed by atoms with E-state index in [9.17, 15) is 14.7 Å². The quantitative estimate of drug-likeness (QED) is 0.0745. The number of carbonyl (C=O) groups is 2. The van der Waals surface area contributed by atoms with E-state index in [0.29, 0.717) is 25.8 Å². The summed E-state index contributed by atoms with van der Waals surface area (Å²) in [6.07, 6.45) is 19.4. The Hall–Kier alpha value is -1.74. The van der Waals surface area contributed by atoms with Crippen LogP contribution in [-0.2, 0) is 18.9 Å². The van der Waals surface area contributed by atoms with Gasteiger partial charge < -0.3 is 14.4 Å². The molecule has 1 saturated heterocycles. The Morgan fingerprint density at radius 1 is 0.884 bits per heavy atom. The van der Waals surface area contributed by atoms with Crippen molar-refractivity contribution in [2.75, 3.05) is 11.9 Å². The van der Waals surface area contributed by atoms with Crippen molar-refractivity contribution >= 4 is 34.9 Å². The first kappa shape index (κ1) is 37.5. The van der Waals surface area contributed by atoms with Gasteiger partial charge in [-0.05, 0) is 58.2 Å². The van der Waals surface area contributed by atoms with Crippen LogP contribution in [0, 0.1) is 11.8 Å². The maximum Gasteiger partial charge on any atom is 0.457 e. The molecule has 1 heterocycles. The summed E-state index contributed by atoms with van der Waals surface area (Å²) >= 11 is 3.41. The fourth-order valence-electron chi connectivity index (χ4n) is 5.64. The van der Waals surface area contributed by atoms with Crippen LogP contribution in [0.5, 0.6) is 0 Å². The lowest BCUT2D eigenvalue weighted by molar-refractivity contribution is -0.144. The molecule has 0 spiro atoms. The second-order valence-corrected chi connectivity index (χ2v) is 12.3. The highest BCUT2D eigenvalue weighted by Gasteiger charge is 2.48. The van der Waals surface area contributed by atoms with Crippen molar-refractivity contribution in [1.29, 1.82) is 0 Å². The van der Waals surface area contributed by atoms with Gasteiger partial charge in [0.2, 0.25) is 11.8 Å². The van der Waals surface area contributed by atoms with Gasteiger partial charge in [-0.15, -0.1) is 0 Å². The lowest BCUT2D eigenvalue weighted by Gasteiger charge is -2.27. The smallest absolute Gasteiger partial charge is 0.408 e. The SMILES string of the molecule is CCCCB1OC2CC(O1)[C@H](C=C[C@@H](O)CC)[C@H]2C=CCCCCC(=O)N(CC)C(=O)CCCCCBr.c1ccccc1. The number of halogens is 1. The molecule has 0 aromatic heterocycles. The largest absolute Gasteiger partial charge is 0.457 e. The highest BCUT2D eigenvalue weighted by molar-refractivity contribution is 9.09. The number of unbranched alkanes of at least 4 members (excludes halogenated alkanes) is 5. The molecule has 6 nitrogen and oxygen atoms in total. The van der Waals surface area contributed by atoms with E-state index in [0.717, 1.165) is 69.4 Å². The number of alkyl halides is 1. The van der Waals surface area contributed by atoms with Crippen LogP contribution in [0.25, 0.3) is 0 Å². The number of hydrogen-bond acceptors (Lipinski definition) is 5. The number of allylic oxidation sites excluding steroid dienone is 1. The molecule has 2 bridgehead atoms. The highest BCUT2D eigenvalue weighted by atomic mass is 79.9. The first-order valence-electron chi connectivity index (χ1n) is 16.7. The summed E-state index contributed by atoms with van der Waals surface area (Å²) in [5.41, 5.74) is 0. The van der Waals surface area contributed by atoms with Gasteiger partial charge in [0.05, 0.1) is 18.3 Å². The fourth-order valence-corrected chi connectivity index (χ4v) is 6.04. The zero-order valence-corrected chi connectivity index (χ0v) is 28.3. The monoisotopic (exact) mass is 659 g/mol. The van der Waals surface area contributed by atoms with Crippen molar-refractivity contribution in [2.24, 2.45) is 11.8 Å². The molecule has 3 rings (SSSR count). The Balaban J connectivity index is 0.000000953. The fraction of sp³-hybridized carbons (Fsp3) is 0.657. The number of fused-ring (bicyclic) bond motifs is 2. The van der Waals surface area contributed by atoms with E-state index in [2.05, 4.69) is 41.1 Å². The maximum atomic E-state index is 12.6. The van der Waals surface area contributed by atoms with Crippen LogP contribution in [0.4, 0.5) is 0 Å². The van der Waals surface area contributed by atoms with Crippen molar-refractivity contribution in [3.63, 3.8) is 0 Å². The second kappa shape index (κ2) is 22.7. The molecule has 1 aliphatic heterocycles. The van der Waals surface area contributed by atoms with Gasteiger partial charge in [-0.2, -0.15) is 0 Å². The van der Waals surface area contributed by atoms with E-state index in [1.165, 1.54) is 4.90 Å². The normalized spacial score (nSPS) is 22.0. The third kappa shape index (κ3) is 14.3. The van der Waals surface area contributed by atoms with Crippen molar-refractivity contribution < 1.29 is 24.0 Å². The van der Waals surface area contributed by atoms with Crippen molar-refractivity contribution in [3.05, 3.63) is 60.7 Å². The minimum Gasteiger partial charge on any atom is -0.408 e. The van der Waals surface area contributed by atoms with Crippen LogP contribution >= 0.6 is 15.9 Å². The second-order valence-electron chi connectivity index (χ2n) is 11.5. The predicted octanol–water partition coefficient (Wildman–Crippen LogP) is 8.16. The summed E-state index contributed by atoms with van der Waals surface area (Å²) < 4.78 is 12.6. The third-order valence-electron chi connectivity index (χ3n) is 8.17. The zero-order chi connectivity index (χ0) is 31.3. The van der Waals surface area contributed by atoms with Gasteiger partial charge in [0.15, 0.2) is 0 Å². The Morgan fingerprint density at radius 2 is 1.47 bits per heavy atom. The molecular formula is C35H55BBrNO5. The van der Waals surface area contributed by atoms with Crippen molar-refractivity contribution in [3.8, 4) is 0 Å². The average molecular weight is 661 g/mol. The van der Waals surface area contributed by atoms with Crippen LogP contribution in [0.1, 0.15) is 97.8 Å². The molecule has 43 heavy (non-hydrogen) atoms. The number of nitrogens with zero attached hydrogens (tertiary/aromatic N) is 1. The number of rotatable bonds is 18. The van der Waals surface area contributed by atoms with E-state index in [-0.39, 0.29) is 43.0 Å². The van der Waals surface area contributed by atoms with Gasteiger partial charge in [0.1, 0.15) is 0 Å². The summed E-state index contributed by atoms with van der Waals surface area (Å²) in [6, 6.07) is 12.0. The summed E-state index contributed by atoms with van der Waals surface area (Å²) in [7, 11) is -0.131. The number of imide groups is 1. The molecule has 1 N–H and O–H groups in total. The van der Waals surface area contributed by atoms with Crippen molar-refractivity contribution in [1.82, 2.24) is 4.90 Å². The number of hydrogen-bond donors (Lipinski definition) is 1. The standard InChI is InChI=1S/C29H49BBrNO5.C6H6/c1-4-7-20-30-36-26-22-27(37-30)25(19-18-23(33)5-2)24(26)15-11-8-9-12-16-28(34)32(6-3)29(35)17-13-10-14-21-31;1-2-4-6-5-3-1/h11,15,18-19,23-27,33H,4-10,12-14,16-17,20-22H2,1-3H3;1-6H/t23-,24+,25+,26?,27?;/m0./s1. The topological polar surface area (TPSA) is 76.1 Å². The lowest BCUT2D eigenvalue weighted by Crippen LogP contribution is -2.37. The van der Waals surface area contributed by atoms with E-state index >= 15 is 0 Å². The van der Waals surface area contributed by atoms with Gasteiger partial charge in [-0.1, -0.05) is 110 Å². The third-order valence-corrected chi connectivity index (χ3v) is 8.73. The molecule has 1 aliphatic carbocycles. The van der Waals surface area contributed by atoms with Gasteiger partial charge in [-0.25, -0.2) is 0 Å². The Kier molecular flexibility index (Phi) is 19.8. The molecule has 0 radical (unpaired) electrons. The van der Waals surface area contributed by atoms with Crippen LogP contribution in [0.2, 0.25) is 6.32 Å². The number of aliphatic hydroxyl groups excluding tert-OH is 1. The summed E-state index contributed by atoms with van der Waals surface area (Å²) in [6.45, 7) is 6.48. The molecule has 240 valence electrons. The minimum absolute atomic E-state index is 0.0407. The van der Waals surface area contributed by atoms with Crippen LogP contribution in [0.3, 0.4) is 0 Å². The van der Waals surface area contributed by atoms with Gasteiger partial charge in [0, 0.05) is 36.6 Å². The number of aliphatic hydroxyl groups is 1. The molecule has 1 aromatic rings. The Morgan fingerprint density at radius 3 is 2.00 bits per heavy atom. The predicted molar refractivity (Wildman–Crippen MR) is 181 cm³/mol. The van der Waals surface area contributed by atoms with Crippen LogP contribution in [-0.4, -0.2) is 59.1 Å². The summed E-state index contributed by atoms with van der Waals surface area (Å²) in [5.74, 6) is 0.344. The molecule has 5 atom stereocenters. The van der Waals surface area contributed by atoms with Gasteiger partial charge in [-0.3, -0.25) is 14.5 Å². The van der Waals surface area contributed by atoms with E-state index in [1.807, 2.05) is 56.3 Å². The Labute approximate surface area is 269 Å². The summed E-state index contributed by atoms with van der Waals surface area (Å²) in [4.78, 5) is 26.4. The Bertz CT molecular complexity index is 919. The van der Waals surface area contributed by atoms with Gasteiger partial charge >= 0.3 is 7.12 Å². The lowest BCUT2D eigenvalue weighted by atomic mass is 9.80. The number of carbonyl (C=O) groups excluding carboxylic acids is 2. The van der Waals surface area contributed by atoms with E-state index in [1.54, 1.807) is 0 Å². The van der Waals surface area contributed by atoms with Crippen LogP contribution in [0.15, 0.2) is 60.7 Å². The highest BCUT2D eigenvalue weighted by Crippen LogP contribution is 2.43. The molecule has 1 aromatic carbocycles. The van der Waals surface area contributed by atoms with Crippen LogP contribution < -0.4 is 0 Å². The minimum atomic E-state index is -0.427.